The van der Waals surface area contributed by atoms with Crippen LogP contribution in [0.1, 0.15) is 139 Å². The molecule has 8 rings (SSSR count). The van der Waals surface area contributed by atoms with Crippen LogP contribution in [-0.2, 0) is 38.7 Å². The van der Waals surface area contributed by atoms with Gasteiger partial charge in [0.1, 0.15) is 11.5 Å². The van der Waals surface area contributed by atoms with Crippen molar-refractivity contribution in [3.8, 4) is 11.5 Å². The number of aliphatic carboxylic acids is 1. The van der Waals surface area contributed by atoms with Gasteiger partial charge in [0.2, 0.25) is 5.91 Å². The topological polar surface area (TPSA) is 107 Å². The summed E-state index contributed by atoms with van der Waals surface area (Å²) in [6.45, 7) is 9.40. The molecule has 6 atom stereocenters. The highest BCUT2D eigenvalue weighted by atomic mass is 16.4. The van der Waals surface area contributed by atoms with Crippen molar-refractivity contribution in [2.24, 2.45) is 22.7 Å². The average molecular weight is 720 g/mol. The molecule has 284 valence electrons. The zero-order valence-electron chi connectivity index (χ0n) is 32.5. The fourth-order valence-electron chi connectivity index (χ4n) is 12.5. The Hall–Kier alpha value is -3.80. The Morgan fingerprint density at radius 1 is 0.642 bits per heavy atom. The summed E-state index contributed by atoms with van der Waals surface area (Å²) in [4.78, 5) is 25.8. The Labute approximate surface area is 316 Å². The molecule has 4 N–H and O–H groups in total. The van der Waals surface area contributed by atoms with Crippen LogP contribution in [0.4, 0.5) is 0 Å². The minimum atomic E-state index is -0.669. The number of aryl methyl sites for hydroxylation is 2. The summed E-state index contributed by atoms with van der Waals surface area (Å²) in [5, 5.41) is 33.2. The number of carbonyl (C=O) groups excluding carboxylic acids is 1. The van der Waals surface area contributed by atoms with E-state index in [0.717, 1.165) is 83.6 Å². The van der Waals surface area contributed by atoms with E-state index in [1.54, 1.807) is 6.07 Å². The lowest BCUT2D eigenvalue weighted by atomic mass is 9.49. The normalized spacial score (nSPS) is 32.7. The molecule has 3 saturated carbocycles. The Balaban J connectivity index is 0.000000186. The lowest BCUT2D eigenvalue weighted by Crippen LogP contribution is -2.56. The maximum Gasteiger partial charge on any atom is 0.309 e. The van der Waals surface area contributed by atoms with Crippen LogP contribution in [0.3, 0.4) is 0 Å². The second kappa shape index (κ2) is 14.1. The van der Waals surface area contributed by atoms with Gasteiger partial charge < -0.3 is 20.6 Å². The van der Waals surface area contributed by atoms with E-state index in [2.05, 4.69) is 62.5 Å². The number of phenols is 2. The summed E-state index contributed by atoms with van der Waals surface area (Å²) in [5.74, 6) is 0.644. The molecular weight excluding hydrogens is 659 g/mol. The van der Waals surface area contributed by atoms with Crippen LogP contribution in [0, 0.1) is 22.7 Å². The Morgan fingerprint density at radius 3 is 1.68 bits per heavy atom. The lowest BCUT2D eigenvalue weighted by molar-refractivity contribution is -0.157. The highest BCUT2D eigenvalue weighted by molar-refractivity contribution is 5.83. The third-order valence-corrected chi connectivity index (χ3v) is 15.5. The van der Waals surface area contributed by atoms with Crippen molar-refractivity contribution in [2.75, 3.05) is 6.54 Å². The van der Waals surface area contributed by atoms with E-state index in [0.29, 0.717) is 11.7 Å². The maximum atomic E-state index is 14.0. The molecule has 0 unspecified atom stereocenters. The molecule has 3 aromatic carbocycles. The summed E-state index contributed by atoms with van der Waals surface area (Å²) in [7, 11) is 0. The molecule has 0 heterocycles. The quantitative estimate of drug-likeness (QED) is 0.210. The number of amides is 1. The molecule has 6 nitrogen and oxygen atoms in total. The zero-order chi connectivity index (χ0) is 37.6. The second-order valence-electron chi connectivity index (χ2n) is 18.4. The molecule has 0 aromatic heterocycles. The van der Waals surface area contributed by atoms with E-state index in [-0.39, 0.29) is 39.2 Å². The smallest absolute Gasteiger partial charge is 0.309 e. The Bertz CT molecular complexity index is 1830. The lowest BCUT2D eigenvalue weighted by Gasteiger charge is -2.54. The third kappa shape index (κ3) is 6.46. The first kappa shape index (κ1) is 37.5. The largest absolute Gasteiger partial charge is 0.508 e. The van der Waals surface area contributed by atoms with Gasteiger partial charge in [0.05, 0.1) is 10.8 Å². The molecule has 3 fully saturated rings. The molecule has 1 amide bonds. The number of nitrogens with one attached hydrogen (secondary N) is 1. The number of rotatable bonds is 5. The Morgan fingerprint density at radius 2 is 1.15 bits per heavy atom. The van der Waals surface area contributed by atoms with E-state index in [4.69, 9.17) is 0 Å². The number of carboxylic acid groups (broad SMARTS) is 1. The van der Waals surface area contributed by atoms with Gasteiger partial charge in [-0.2, -0.15) is 0 Å². The van der Waals surface area contributed by atoms with Crippen LogP contribution in [0.5, 0.6) is 11.5 Å². The van der Waals surface area contributed by atoms with Crippen molar-refractivity contribution in [3.05, 3.63) is 94.5 Å². The highest BCUT2D eigenvalue weighted by Crippen LogP contribution is 2.59. The van der Waals surface area contributed by atoms with Gasteiger partial charge in [-0.3, -0.25) is 9.59 Å². The molecule has 5 aliphatic rings. The number of hydrogen-bond donors (Lipinski definition) is 4. The first-order valence-corrected chi connectivity index (χ1v) is 20.5. The van der Waals surface area contributed by atoms with Crippen LogP contribution >= 0.6 is 0 Å². The van der Waals surface area contributed by atoms with Gasteiger partial charge in [-0.05, 0) is 146 Å². The van der Waals surface area contributed by atoms with Crippen LogP contribution in [0.15, 0.2) is 66.7 Å². The third-order valence-electron chi connectivity index (χ3n) is 15.5. The molecule has 0 spiro atoms. The predicted molar refractivity (Wildman–Crippen MR) is 210 cm³/mol. The van der Waals surface area contributed by atoms with Gasteiger partial charge in [0, 0.05) is 12.0 Å². The molecular formula is C47H61NO5. The van der Waals surface area contributed by atoms with E-state index >= 15 is 0 Å². The number of phenolic OH excluding ortho intramolecular Hbond substituents is 2. The molecule has 3 aromatic rings. The van der Waals surface area contributed by atoms with Gasteiger partial charge in [0.15, 0.2) is 0 Å². The number of carbonyl (C=O) groups is 2. The first-order chi connectivity index (χ1) is 25.3. The van der Waals surface area contributed by atoms with Gasteiger partial charge in [-0.1, -0.05) is 95.3 Å². The van der Waals surface area contributed by atoms with Crippen molar-refractivity contribution >= 4 is 11.9 Å². The van der Waals surface area contributed by atoms with Crippen LogP contribution in [0.25, 0.3) is 0 Å². The van der Waals surface area contributed by atoms with Gasteiger partial charge in [-0.25, -0.2) is 0 Å². The van der Waals surface area contributed by atoms with Gasteiger partial charge in [-0.15, -0.1) is 0 Å². The monoisotopic (exact) mass is 719 g/mol. The predicted octanol–water partition coefficient (Wildman–Crippen LogP) is 9.91. The number of benzene rings is 3. The summed E-state index contributed by atoms with van der Waals surface area (Å²) < 4.78 is 0. The first-order valence-electron chi connectivity index (χ1n) is 20.5. The highest BCUT2D eigenvalue weighted by Gasteiger charge is 2.56. The summed E-state index contributed by atoms with van der Waals surface area (Å²) >= 11 is 0. The molecule has 0 bridgehead atoms. The standard InChI is InChI=1S/C30H39NO2.C17H22O3/c1-28-16-9-17-29(2,26(28)15-13-22-12-14-24(32)20-25(22)28)27(33)31-21-30(18-7-4-8-19-30)23-10-5-3-6-11-23;1-16-8-3-9-17(2,15(19)20)14(16)7-5-11-4-6-12(18)10-13(11)16/h3,5-6,10-12,14,20,26,32H,4,7-9,13,15-19,21H2,1-2H3,(H,31,33);4,6,10,14,18H,3,5,7-9H2,1-2H3,(H,19,20)/t26-,28-,29+;14-,16-,17+/m11/s1. The molecule has 5 aliphatic carbocycles. The van der Waals surface area contributed by atoms with Crippen LogP contribution in [-0.4, -0.2) is 33.7 Å². The maximum absolute atomic E-state index is 14.0. The number of carboxylic acids is 1. The molecule has 0 aliphatic heterocycles. The zero-order valence-corrected chi connectivity index (χ0v) is 32.5. The fraction of sp³-hybridized carbons (Fsp3) is 0.574. The van der Waals surface area contributed by atoms with E-state index in [9.17, 15) is 24.9 Å². The summed E-state index contributed by atoms with van der Waals surface area (Å²) in [6.07, 6.45) is 15.8. The van der Waals surface area contributed by atoms with Crippen molar-refractivity contribution < 1.29 is 24.9 Å². The average Bonchev–Trinajstić information content (AvgIpc) is 3.15. The van der Waals surface area contributed by atoms with E-state index in [1.165, 1.54) is 47.1 Å². The second-order valence-corrected chi connectivity index (χ2v) is 18.4. The van der Waals surface area contributed by atoms with Crippen molar-refractivity contribution in [1.82, 2.24) is 5.32 Å². The summed E-state index contributed by atoms with van der Waals surface area (Å²) in [5.41, 5.74) is 5.30. The Kier molecular flexibility index (Phi) is 10.00. The summed E-state index contributed by atoms with van der Waals surface area (Å²) in [6, 6.07) is 22.3. The van der Waals surface area contributed by atoms with Gasteiger partial charge in [0.25, 0.3) is 0 Å². The van der Waals surface area contributed by atoms with Gasteiger partial charge >= 0.3 is 5.97 Å². The number of aromatic hydroxyl groups is 2. The number of fused-ring (bicyclic) bond motifs is 6. The molecule has 0 saturated heterocycles. The molecule has 0 radical (unpaired) electrons. The van der Waals surface area contributed by atoms with E-state index < -0.39 is 11.4 Å². The SMILES string of the molecule is C[C@]1(C(=O)NCC2(c3ccccc3)CCCCC2)CCC[C@]2(C)c3cc(O)ccc3CC[C@@H]12.C[C@]1(C(=O)O)CCC[C@]2(C)c3cc(O)ccc3CC[C@@H]12. The minimum absolute atomic E-state index is 0.0569. The fourth-order valence-corrected chi connectivity index (χ4v) is 12.5. The van der Waals surface area contributed by atoms with Crippen LogP contribution in [0.2, 0.25) is 0 Å². The van der Waals surface area contributed by atoms with Crippen molar-refractivity contribution in [1.29, 1.82) is 0 Å². The van der Waals surface area contributed by atoms with Crippen molar-refractivity contribution in [3.63, 3.8) is 0 Å². The number of hydrogen-bond acceptors (Lipinski definition) is 4. The van der Waals surface area contributed by atoms with Crippen molar-refractivity contribution in [2.45, 2.75) is 140 Å². The van der Waals surface area contributed by atoms with E-state index in [1.807, 2.05) is 31.2 Å². The van der Waals surface area contributed by atoms with Crippen LogP contribution < -0.4 is 5.32 Å². The molecule has 6 heteroatoms. The minimum Gasteiger partial charge on any atom is -0.508 e. The molecule has 53 heavy (non-hydrogen) atoms.